The van der Waals surface area contributed by atoms with E-state index in [1.807, 2.05) is 5.43 Å². The summed E-state index contributed by atoms with van der Waals surface area (Å²) in [6.07, 6.45) is 1.12. The molecule has 0 fully saturated rings. The molecule has 0 aliphatic heterocycles. The Hall–Kier alpha value is -3.48. The molecule has 7 heteroatoms. The maximum atomic E-state index is 11.6. The smallest absolute Gasteiger partial charge is 0.329 e. The summed E-state index contributed by atoms with van der Waals surface area (Å²) in [6.45, 7) is 0. The minimum atomic E-state index is -1.36. The number of carboxylic acid groups (broad SMARTS) is 1. The van der Waals surface area contributed by atoms with Gasteiger partial charge >= 0.3 is 11.8 Å². The number of anilines is 1. The van der Waals surface area contributed by atoms with Crippen LogP contribution in [-0.4, -0.2) is 24.0 Å². The summed E-state index contributed by atoms with van der Waals surface area (Å²) < 4.78 is 0. The molecule has 0 atom stereocenters. The molecule has 0 aliphatic carbocycles. The highest BCUT2D eigenvalue weighted by Gasteiger charge is 2.12. The van der Waals surface area contributed by atoms with Crippen molar-refractivity contribution in [2.75, 3.05) is 5.32 Å². The summed E-state index contributed by atoms with van der Waals surface area (Å²) in [6, 6.07) is 14.4. The molecule has 0 unspecified atom stereocenters. The van der Waals surface area contributed by atoms with Gasteiger partial charge in [0.05, 0.1) is 12.2 Å². The molecule has 2 amide bonds. The van der Waals surface area contributed by atoms with Crippen LogP contribution in [-0.2, 0) is 9.59 Å². The van der Waals surface area contributed by atoms with Crippen LogP contribution < -0.4 is 15.8 Å². The number of hydrogen-bond donors (Lipinski definition) is 2. The molecule has 23 heavy (non-hydrogen) atoms. The first-order chi connectivity index (χ1) is 11.1. The SMILES string of the molecule is O=C(N/N=C\c1ccccc1C(=O)[O-])C(=O)Nc1ccccc1. The molecule has 0 aromatic heterocycles. The number of carbonyl (C=O) groups is 3. The topological polar surface area (TPSA) is 111 Å². The van der Waals surface area contributed by atoms with Gasteiger partial charge in [-0.3, -0.25) is 9.59 Å². The fourth-order valence-electron chi connectivity index (χ4n) is 1.72. The summed E-state index contributed by atoms with van der Waals surface area (Å²) in [5.41, 5.74) is 2.67. The summed E-state index contributed by atoms with van der Waals surface area (Å²) in [5.74, 6) is -3.22. The van der Waals surface area contributed by atoms with E-state index in [1.165, 1.54) is 18.2 Å². The van der Waals surface area contributed by atoms with Crippen molar-refractivity contribution in [2.45, 2.75) is 0 Å². The van der Waals surface area contributed by atoms with Crippen molar-refractivity contribution < 1.29 is 19.5 Å². The van der Waals surface area contributed by atoms with E-state index in [1.54, 1.807) is 36.4 Å². The second-order valence-electron chi connectivity index (χ2n) is 4.39. The van der Waals surface area contributed by atoms with Gasteiger partial charge in [-0.15, -0.1) is 0 Å². The Morgan fingerprint density at radius 1 is 0.913 bits per heavy atom. The quantitative estimate of drug-likeness (QED) is 0.475. The highest BCUT2D eigenvalue weighted by atomic mass is 16.4. The zero-order valence-electron chi connectivity index (χ0n) is 11.9. The number of rotatable bonds is 4. The van der Waals surface area contributed by atoms with E-state index in [9.17, 15) is 19.5 Å². The van der Waals surface area contributed by atoms with Gasteiger partial charge in [0.1, 0.15) is 0 Å². The van der Waals surface area contributed by atoms with Gasteiger partial charge in [-0.25, -0.2) is 5.43 Å². The number of benzene rings is 2. The average Bonchev–Trinajstić information content (AvgIpc) is 2.56. The van der Waals surface area contributed by atoms with E-state index in [0.717, 1.165) is 6.21 Å². The predicted molar refractivity (Wildman–Crippen MR) is 81.6 cm³/mol. The Morgan fingerprint density at radius 2 is 1.57 bits per heavy atom. The van der Waals surface area contributed by atoms with Crippen molar-refractivity contribution in [1.29, 1.82) is 0 Å². The summed E-state index contributed by atoms with van der Waals surface area (Å²) in [4.78, 5) is 34.1. The molecule has 116 valence electrons. The lowest BCUT2D eigenvalue weighted by molar-refractivity contribution is -0.255. The van der Waals surface area contributed by atoms with Crippen LogP contribution in [0.25, 0.3) is 0 Å². The van der Waals surface area contributed by atoms with Gasteiger partial charge in [-0.1, -0.05) is 42.5 Å². The number of carboxylic acids is 1. The fourth-order valence-corrected chi connectivity index (χ4v) is 1.72. The van der Waals surface area contributed by atoms with Crippen LogP contribution >= 0.6 is 0 Å². The van der Waals surface area contributed by atoms with Crippen LogP contribution in [0.5, 0.6) is 0 Å². The van der Waals surface area contributed by atoms with Crippen LogP contribution in [0.1, 0.15) is 15.9 Å². The minimum Gasteiger partial charge on any atom is -0.545 e. The fraction of sp³-hybridized carbons (Fsp3) is 0. The lowest BCUT2D eigenvalue weighted by Gasteiger charge is -2.06. The highest BCUT2D eigenvalue weighted by Crippen LogP contribution is 2.05. The second-order valence-corrected chi connectivity index (χ2v) is 4.39. The Morgan fingerprint density at radius 3 is 2.26 bits per heavy atom. The molecule has 2 N–H and O–H groups in total. The zero-order chi connectivity index (χ0) is 16.7. The predicted octanol–water partition coefficient (Wildman–Crippen LogP) is 0.139. The van der Waals surface area contributed by atoms with E-state index >= 15 is 0 Å². The molecule has 2 aromatic rings. The first kappa shape index (κ1) is 15.9. The molecule has 0 saturated carbocycles. The van der Waals surface area contributed by atoms with Gasteiger partial charge in [0.25, 0.3) is 0 Å². The third-order valence-electron chi connectivity index (χ3n) is 2.79. The van der Waals surface area contributed by atoms with Gasteiger partial charge in [-0.05, 0) is 12.1 Å². The first-order valence-electron chi connectivity index (χ1n) is 6.58. The number of amides is 2. The van der Waals surface area contributed by atoms with Crippen LogP contribution in [0.4, 0.5) is 5.69 Å². The van der Waals surface area contributed by atoms with Gasteiger partial charge < -0.3 is 15.2 Å². The summed E-state index contributed by atoms with van der Waals surface area (Å²) in [7, 11) is 0. The maximum absolute atomic E-state index is 11.6. The van der Waals surface area contributed by atoms with E-state index < -0.39 is 17.8 Å². The number of hydrogen-bond acceptors (Lipinski definition) is 5. The molecule has 0 saturated heterocycles. The zero-order valence-corrected chi connectivity index (χ0v) is 11.9. The van der Waals surface area contributed by atoms with Crippen molar-refractivity contribution in [3.8, 4) is 0 Å². The lowest BCUT2D eigenvalue weighted by Crippen LogP contribution is -2.32. The van der Waals surface area contributed by atoms with Crippen molar-refractivity contribution in [3.05, 3.63) is 65.7 Å². The summed E-state index contributed by atoms with van der Waals surface area (Å²) >= 11 is 0. The molecule has 0 aliphatic rings. The van der Waals surface area contributed by atoms with E-state index in [-0.39, 0.29) is 11.1 Å². The number of carbonyl (C=O) groups excluding carboxylic acids is 3. The molecule has 7 nitrogen and oxygen atoms in total. The number of aromatic carboxylic acids is 1. The van der Waals surface area contributed by atoms with Crippen molar-refractivity contribution >= 4 is 29.7 Å². The molecular formula is C16H12N3O4-. The molecule has 2 rings (SSSR count). The van der Waals surface area contributed by atoms with Gasteiger partial charge in [0.15, 0.2) is 0 Å². The van der Waals surface area contributed by atoms with Crippen molar-refractivity contribution in [2.24, 2.45) is 5.10 Å². The number of nitrogens with one attached hydrogen (secondary N) is 2. The Labute approximate surface area is 131 Å². The van der Waals surface area contributed by atoms with Crippen LogP contribution in [0.15, 0.2) is 59.7 Å². The number of para-hydroxylation sites is 1. The standard InChI is InChI=1S/C16H13N3O4/c20-14(18-12-7-2-1-3-8-12)15(21)19-17-10-11-6-4-5-9-13(11)16(22)23/h1-10H,(H,18,20)(H,19,21)(H,22,23)/p-1/b17-10-. The molecule has 2 aromatic carbocycles. The van der Waals surface area contributed by atoms with Crippen LogP contribution in [0.3, 0.4) is 0 Å². The molecule has 0 heterocycles. The number of hydrazone groups is 1. The van der Waals surface area contributed by atoms with Crippen LogP contribution in [0.2, 0.25) is 0 Å². The minimum absolute atomic E-state index is 0.0702. The van der Waals surface area contributed by atoms with Gasteiger partial charge in [0, 0.05) is 16.8 Å². The number of nitrogens with zero attached hydrogens (tertiary/aromatic N) is 1. The Bertz CT molecular complexity index is 757. The van der Waals surface area contributed by atoms with Crippen molar-refractivity contribution in [1.82, 2.24) is 5.43 Å². The summed E-state index contributed by atoms with van der Waals surface area (Å²) in [5, 5.41) is 16.9. The highest BCUT2D eigenvalue weighted by molar-refractivity contribution is 6.39. The normalized spacial score (nSPS) is 10.3. The molecule has 0 radical (unpaired) electrons. The molecule has 0 spiro atoms. The third-order valence-corrected chi connectivity index (χ3v) is 2.79. The Kier molecular flexibility index (Phi) is 5.19. The van der Waals surface area contributed by atoms with Crippen molar-refractivity contribution in [3.63, 3.8) is 0 Å². The second kappa shape index (κ2) is 7.51. The van der Waals surface area contributed by atoms with E-state index in [4.69, 9.17) is 0 Å². The molecular weight excluding hydrogens is 298 g/mol. The van der Waals surface area contributed by atoms with E-state index in [0.29, 0.717) is 5.69 Å². The average molecular weight is 310 g/mol. The van der Waals surface area contributed by atoms with Gasteiger partial charge in [0.2, 0.25) is 0 Å². The third kappa shape index (κ3) is 4.50. The maximum Gasteiger partial charge on any atom is 0.329 e. The lowest BCUT2D eigenvalue weighted by atomic mass is 10.1. The van der Waals surface area contributed by atoms with Gasteiger partial charge in [-0.2, -0.15) is 5.10 Å². The monoisotopic (exact) mass is 310 g/mol. The van der Waals surface area contributed by atoms with E-state index in [2.05, 4.69) is 10.4 Å². The largest absolute Gasteiger partial charge is 0.545 e. The molecule has 0 bridgehead atoms. The first-order valence-corrected chi connectivity index (χ1v) is 6.58. The Balaban J connectivity index is 1.96. The van der Waals surface area contributed by atoms with Crippen LogP contribution in [0, 0.1) is 0 Å².